The van der Waals surface area contributed by atoms with Crippen LogP contribution in [0.5, 0.6) is 0 Å². The standard InChI is InChI=1S/C17H13Cl2N5O/c18-12-3-4-14(13(19)8-12)22-16-6-5-15(23-24-16)17(25)21-10-11-2-1-7-20-9-11/h1-9H,10H2,(H,21,25)(H,22,24). The van der Waals surface area contributed by atoms with Crippen molar-refractivity contribution in [3.63, 3.8) is 0 Å². The lowest BCUT2D eigenvalue weighted by molar-refractivity contribution is 0.0945. The highest BCUT2D eigenvalue weighted by Gasteiger charge is 2.09. The summed E-state index contributed by atoms with van der Waals surface area (Å²) in [5.74, 6) is 0.153. The van der Waals surface area contributed by atoms with Crippen LogP contribution in [0.3, 0.4) is 0 Å². The number of anilines is 2. The highest BCUT2D eigenvalue weighted by atomic mass is 35.5. The molecular formula is C17H13Cl2N5O. The summed E-state index contributed by atoms with van der Waals surface area (Å²) in [6, 6.07) is 12.0. The lowest BCUT2D eigenvalue weighted by Gasteiger charge is -2.08. The van der Waals surface area contributed by atoms with Gasteiger partial charge in [0.25, 0.3) is 5.91 Å². The second-order valence-electron chi connectivity index (χ2n) is 5.10. The molecule has 126 valence electrons. The molecule has 3 rings (SSSR count). The Kier molecular flexibility index (Phi) is 5.42. The van der Waals surface area contributed by atoms with Crippen LogP contribution in [0.25, 0.3) is 0 Å². The first-order valence-electron chi connectivity index (χ1n) is 7.35. The van der Waals surface area contributed by atoms with Crippen molar-refractivity contribution in [2.75, 3.05) is 5.32 Å². The van der Waals surface area contributed by atoms with Crippen LogP contribution in [0, 0.1) is 0 Å². The van der Waals surface area contributed by atoms with E-state index in [4.69, 9.17) is 23.2 Å². The molecule has 0 spiro atoms. The Labute approximate surface area is 154 Å². The highest BCUT2D eigenvalue weighted by Crippen LogP contribution is 2.27. The van der Waals surface area contributed by atoms with Crippen molar-refractivity contribution >= 4 is 40.6 Å². The first kappa shape index (κ1) is 17.1. The Morgan fingerprint density at radius 1 is 1.08 bits per heavy atom. The molecule has 8 heteroatoms. The third-order valence-corrected chi connectivity index (χ3v) is 3.81. The molecule has 0 saturated heterocycles. The average molecular weight is 374 g/mol. The monoisotopic (exact) mass is 373 g/mol. The molecule has 3 aromatic rings. The molecule has 1 aromatic carbocycles. The van der Waals surface area contributed by atoms with Gasteiger partial charge in [-0.25, -0.2) is 0 Å². The largest absolute Gasteiger partial charge is 0.347 e. The van der Waals surface area contributed by atoms with E-state index in [1.54, 1.807) is 42.7 Å². The maximum Gasteiger partial charge on any atom is 0.272 e. The van der Waals surface area contributed by atoms with Crippen LogP contribution in [-0.2, 0) is 6.54 Å². The van der Waals surface area contributed by atoms with Gasteiger partial charge in [-0.2, -0.15) is 0 Å². The van der Waals surface area contributed by atoms with Crippen LogP contribution in [0.15, 0.2) is 54.9 Å². The molecule has 2 heterocycles. The van der Waals surface area contributed by atoms with Gasteiger partial charge >= 0.3 is 0 Å². The lowest BCUT2D eigenvalue weighted by atomic mass is 10.3. The predicted octanol–water partition coefficient (Wildman–Crippen LogP) is 3.85. The van der Waals surface area contributed by atoms with Crippen LogP contribution in [0.2, 0.25) is 10.0 Å². The fourth-order valence-electron chi connectivity index (χ4n) is 2.02. The van der Waals surface area contributed by atoms with Crippen molar-refractivity contribution in [3.05, 3.63) is 76.2 Å². The topological polar surface area (TPSA) is 79.8 Å². The van der Waals surface area contributed by atoms with E-state index in [1.807, 2.05) is 12.1 Å². The molecule has 0 aliphatic rings. The van der Waals surface area contributed by atoms with E-state index < -0.39 is 0 Å². The molecule has 25 heavy (non-hydrogen) atoms. The zero-order valence-electron chi connectivity index (χ0n) is 12.9. The number of hydrogen-bond donors (Lipinski definition) is 2. The summed E-state index contributed by atoms with van der Waals surface area (Å²) in [6.07, 6.45) is 3.37. The Morgan fingerprint density at radius 3 is 2.64 bits per heavy atom. The number of amides is 1. The van der Waals surface area contributed by atoms with Crippen LogP contribution in [-0.4, -0.2) is 21.1 Å². The first-order chi connectivity index (χ1) is 12.1. The van der Waals surface area contributed by atoms with Crippen molar-refractivity contribution in [2.45, 2.75) is 6.54 Å². The molecule has 2 aromatic heterocycles. The van der Waals surface area contributed by atoms with Gasteiger partial charge in [0.1, 0.15) is 0 Å². The van der Waals surface area contributed by atoms with Crippen molar-refractivity contribution in [1.29, 1.82) is 0 Å². The summed E-state index contributed by atoms with van der Waals surface area (Å²) in [4.78, 5) is 16.1. The van der Waals surface area contributed by atoms with E-state index in [1.165, 1.54) is 0 Å². The molecule has 6 nitrogen and oxygen atoms in total. The Balaban J connectivity index is 1.62. The van der Waals surface area contributed by atoms with Gasteiger partial charge in [0.05, 0.1) is 10.7 Å². The van der Waals surface area contributed by atoms with Gasteiger partial charge in [0, 0.05) is 24.0 Å². The third-order valence-electron chi connectivity index (χ3n) is 3.27. The van der Waals surface area contributed by atoms with Gasteiger partial charge in [-0.05, 0) is 42.0 Å². The Hall–Kier alpha value is -2.70. The number of nitrogens with zero attached hydrogens (tertiary/aromatic N) is 3. The molecule has 0 bridgehead atoms. The van der Waals surface area contributed by atoms with Gasteiger partial charge < -0.3 is 10.6 Å². The average Bonchev–Trinajstić information content (AvgIpc) is 2.63. The molecule has 0 saturated carbocycles. The molecule has 0 atom stereocenters. The smallest absolute Gasteiger partial charge is 0.272 e. The minimum absolute atomic E-state index is 0.219. The highest BCUT2D eigenvalue weighted by molar-refractivity contribution is 6.36. The number of halogens is 2. The van der Waals surface area contributed by atoms with Gasteiger partial charge in [-0.1, -0.05) is 29.3 Å². The summed E-state index contributed by atoms with van der Waals surface area (Å²) in [5, 5.41) is 14.7. The van der Waals surface area contributed by atoms with E-state index in [9.17, 15) is 4.79 Å². The van der Waals surface area contributed by atoms with Crippen LogP contribution < -0.4 is 10.6 Å². The number of carbonyl (C=O) groups excluding carboxylic acids is 1. The molecule has 0 aliphatic heterocycles. The summed E-state index contributed by atoms with van der Waals surface area (Å²) < 4.78 is 0. The van der Waals surface area contributed by atoms with Crippen LogP contribution in [0.1, 0.15) is 16.1 Å². The van der Waals surface area contributed by atoms with Gasteiger partial charge in [-0.3, -0.25) is 9.78 Å². The van der Waals surface area contributed by atoms with E-state index in [0.29, 0.717) is 28.1 Å². The molecule has 0 unspecified atom stereocenters. The fraction of sp³-hybridized carbons (Fsp3) is 0.0588. The predicted molar refractivity (Wildman–Crippen MR) is 97.2 cm³/mol. The number of aromatic nitrogens is 3. The van der Waals surface area contributed by atoms with Crippen molar-refractivity contribution in [1.82, 2.24) is 20.5 Å². The maximum absolute atomic E-state index is 12.1. The number of nitrogens with one attached hydrogen (secondary N) is 2. The van der Waals surface area contributed by atoms with E-state index in [-0.39, 0.29) is 11.6 Å². The number of hydrogen-bond acceptors (Lipinski definition) is 5. The van der Waals surface area contributed by atoms with Gasteiger partial charge in [0.2, 0.25) is 0 Å². The third kappa shape index (κ3) is 4.65. The van der Waals surface area contributed by atoms with E-state index in [2.05, 4.69) is 25.8 Å². The minimum atomic E-state index is -0.313. The zero-order chi connectivity index (χ0) is 17.6. The fourth-order valence-corrected chi connectivity index (χ4v) is 2.48. The molecule has 0 aliphatic carbocycles. The maximum atomic E-state index is 12.1. The number of carbonyl (C=O) groups is 1. The molecule has 0 fully saturated rings. The van der Waals surface area contributed by atoms with E-state index >= 15 is 0 Å². The Morgan fingerprint density at radius 2 is 1.96 bits per heavy atom. The SMILES string of the molecule is O=C(NCc1cccnc1)c1ccc(Nc2ccc(Cl)cc2Cl)nn1. The van der Waals surface area contributed by atoms with Gasteiger partial charge in [0.15, 0.2) is 11.5 Å². The summed E-state index contributed by atoms with van der Waals surface area (Å²) in [5.41, 5.74) is 1.77. The van der Waals surface area contributed by atoms with E-state index in [0.717, 1.165) is 5.56 Å². The summed E-state index contributed by atoms with van der Waals surface area (Å²) in [7, 11) is 0. The number of rotatable bonds is 5. The first-order valence-corrected chi connectivity index (χ1v) is 8.10. The summed E-state index contributed by atoms with van der Waals surface area (Å²) >= 11 is 12.0. The second kappa shape index (κ2) is 7.92. The lowest BCUT2D eigenvalue weighted by Crippen LogP contribution is -2.24. The van der Waals surface area contributed by atoms with Crippen LogP contribution in [0.4, 0.5) is 11.5 Å². The number of benzene rings is 1. The summed E-state index contributed by atoms with van der Waals surface area (Å²) in [6.45, 7) is 0.370. The second-order valence-corrected chi connectivity index (χ2v) is 5.94. The normalized spacial score (nSPS) is 10.3. The molecule has 1 amide bonds. The molecular weight excluding hydrogens is 361 g/mol. The number of pyridine rings is 1. The van der Waals surface area contributed by atoms with Crippen molar-refractivity contribution in [3.8, 4) is 0 Å². The molecule has 2 N–H and O–H groups in total. The van der Waals surface area contributed by atoms with Crippen LogP contribution >= 0.6 is 23.2 Å². The van der Waals surface area contributed by atoms with Crippen molar-refractivity contribution < 1.29 is 4.79 Å². The minimum Gasteiger partial charge on any atom is -0.347 e. The Bertz CT molecular complexity index is 872. The van der Waals surface area contributed by atoms with Crippen molar-refractivity contribution in [2.24, 2.45) is 0 Å². The van der Waals surface area contributed by atoms with Gasteiger partial charge in [-0.15, -0.1) is 10.2 Å². The molecule has 0 radical (unpaired) electrons. The zero-order valence-corrected chi connectivity index (χ0v) is 14.4. The quantitative estimate of drug-likeness (QED) is 0.709.